The molecule has 0 amide bonds. The second-order valence-electron chi connectivity index (χ2n) is 14.7. The van der Waals surface area contributed by atoms with Gasteiger partial charge >= 0.3 is 0 Å². The summed E-state index contributed by atoms with van der Waals surface area (Å²) in [6.45, 7) is 35.9. The van der Waals surface area contributed by atoms with Crippen LogP contribution in [-0.2, 0) is 0 Å². The van der Waals surface area contributed by atoms with Crippen molar-refractivity contribution in [1.82, 2.24) is 0 Å². The van der Waals surface area contributed by atoms with Crippen LogP contribution in [0, 0.1) is 17.3 Å². The van der Waals surface area contributed by atoms with Gasteiger partial charge in [0.2, 0.25) is 0 Å². The molecule has 260 valence electrons. The summed E-state index contributed by atoms with van der Waals surface area (Å²) >= 11 is 0. The number of rotatable bonds is 13. The Labute approximate surface area is 293 Å². The zero-order chi connectivity index (χ0) is 35.7. The van der Waals surface area contributed by atoms with Gasteiger partial charge < -0.3 is 0 Å². The monoisotopic (exact) mass is 637 g/mol. The Balaban J connectivity index is 0.00000541. The summed E-state index contributed by atoms with van der Waals surface area (Å²) in [4.78, 5) is 0. The Bertz CT molecular complexity index is 1330. The molecular formula is C47H72. The summed E-state index contributed by atoms with van der Waals surface area (Å²) in [5, 5.41) is 0. The molecule has 1 aliphatic carbocycles. The summed E-state index contributed by atoms with van der Waals surface area (Å²) in [5.74, 6) is 1.61. The number of allylic oxidation sites excluding steroid dienone is 15. The van der Waals surface area contributed by atoms with Crippen LogP contribution in [0.25, 0.3) is 5.57 Å². The Morgan fingerprint density at radius 1 is 0.957 bits per heavy atom. The molecule has 0 N–H and O–H groups in total. The van der Waals surface area contributed by atoms with Crippen molar-refractivity contribution in [3.8, 4) is 0 Å². The number of hydrogen-bond acceptors (Lipinski definition) is 0. The minimum absolute atomic E-state index is 0.325. The standard InChI is InChI=1S/C45H66.C2H6/c1-14-18-20-44(39-26-24-38(25-27-39)37(19-15-2)23-21-33(7)16-3)36(10)43(17-4)35(9)29-40(32(5)6)30-41-31-42(45(11,12)13)28-22-34(41)8;1-2/h16-17,19,21,23-27,29-30,36,42,44H,8,14-15,18,20,22,28,31H2,1-7,9-13H3;1-2H3/b23-21-,33-16+,35-29+,37-19+,41-30-,43-17-;/t36?,42-,44-;/m0./s1. The highest BCUT2D eigenvalue weighted by atomic mass is 14.3. The van der Waals surface area contributed by atoms with Gasteiger partial charge in [0.15, 0.2) is 0 Å². The van der Waals surface area contributed by atoms with Crippen molar-refractivity contribution in [2.45, 2.75) is 148 Å². The van der Waals surface area contributed by atoms with Gasteiger partial charge in [0.1, 0.15) is 0 Å². The second-order valence-corrected chi connectivity index (χ2v) is 14.7. The largest absolute Gasteiger partial charge is 0.0956 e. The minimum atomic E-state index is 0.325. The van der Waals surface area contributed by atoms with Gasteiger partial charge in [-0.1, -0.05) is 158 Å². The highest BCUT2D eigenvalue weighted by molar-refractivity contribution is 5.74. The van der Waals surface area contributed by atoms with E-state index >= 15 is 0 Å². The summed E-state index contributed by atoms with van der Waals surface area (Å²) in [5.41, 5.74) is 14.0. The second kappa shape index (κ2) is 21.2. The lowest BCUT2D eigenvalue weighted by molar-refractivity contribution is 0.215. The average molecular weight is 637 g/mol. The van der Waals surface area contributed by atoms with Gasteiger partial charge in [-0.05, 0) is 136 Å². The van der Waals surface area contributed by atoms with E-state index in [0.29, 0.717) is 23.2 Å². The van der Waals surface area contributed by atoms with E-state index in [1.54, 1.807) is 0 Å². The number of unbranched alkanes of at least 4 members (excludes halogenated alkanes) is 1. The molecule has 0 aromatic heterocycles. The van der Waals surface area contributed by atoms with E-state index < -0.39 is 0 Å². The molecule has 47 heavy (non-hydrogen) atoms. The summed E-state index contributed by atoms with van der Waals surface area (Å²) in [6, 6.07) is 9.46. The first-order chi connectivity index (χ1) is 22.3. The maximum Gasteiger partial charge on any atom is -0.00958 e. The first-order valence-electron chi connectivity index (χ1n) is 18.8. The predicted octanol–water partition coefficient (Wildman–Crippen LogP) is 15.5. The average Bonchev–Trinajstić information content (AvgIpc) is 3.04. The molecule has 0 spiro atoms. The Kier molecular flexibility index (Phi) is 19.0. The Morgan fingerprint density at radius 3 is 2.11 bits per heavy atom. The van der Waals surface area contributed by atoms with Gasteiger partial charge in [-0.15, -0.1) is 0 Å². The van der Waals surface area contributed by atoms with E-state index in [0.717, 1.165) is 19.3 Å². The molecule has 3 atom stereocenters. The normalized spacial score (nSPS) is 19.1. The lowest BCUT2D eigenvalue weighted by atomic mass is 9.69. The van der Waals surface area contributed by atoms with E-state index in [1.807, 2.05) is 13.8 Å². The third kappa shape index (κ3) is 13.3. The van der Waals surface area contributed by atoms with E-state index in [-0.39, 0.29) is 0 Å². The molecule has 0 heteroatoms. The predicted molar refractivity (Wildman–Crippen MR) is 216 cm³/mol. The van der Waals surface area contributed by atoms with Crippen LogP contribution in [-0.4, -0.2) is 0 Å². The third-order valence-electron chi connectivity index (χ3n) is 10.0. The SMILES string of the molecule is C=C1CC[C@H](C(C)(C)C)C/C1=C/C(/C=C(C)/C(=C/C)C(C)[C@H](CCCC)c1ccc(C(/C=C\C(C)=C\C)=C/CC)cc1)=C(C)C.CC. The zero-order valence-corrected chi connectivity index (χ0v) is 33.2. The van der Waals surface area contributed by atoms with Crippen molar-refractivity contribution < 1.29 is 0 Å². The smallest absolute Gasteiger partial charge is 0.00958 e. The van der Waals surface area contributed by atoms with Crippen LogP contribution in [0.4, 0.5) is 0 Å². The first kappa shape index (κ1) is 42.2. The minimum Gasteiger partial charge on any atom is -0.0956 e. The van der Waals surface area contributed by atoms with Crippen LogP contribution in [0.3, 0.4) is 0 Å². The molecule has 1 fully saturated rings. The van der Waals surface area contributed by atoms with Gasteiger partial charge in [-0.2, -0.15) is 0 Å². The number of benzene rings is 1. The fourth-order valence-corrected chi connectivity index (χ4v) is 6.69. The molecule has 2 rings (SSSR count). The molecule has 0 nitrogen and oxygen atoms in total. The van der Waals surface area contributed by atoms with Crippen LogP contribution in [0.15, 0.2) is 112 Å². The van der Waals surface area contributed by atoms with Gasteiger partial charge in [0.25, 0.3) is 0 Å². The highest BCUT2D eigenvalue weighted by Crippen LogP contribution is 2.43. The van der Waals surface area contributed by atoms with E-state index in [2.05, 4.69) is 156 Å². The topological polar surface area (TPSA) is 0 Å². The van der Waals surface area contributed by atoms with Crippen molar-refractivity contribution in [3.63, 3.8) is 0 Å². The molecule has 0 heterocycles. The lowest BCUT2D eigenvalue weighted by Gasteiger charge is -2.36. The van der Waals surface area contributed by atoms with E-state index in [1.165, 1.54) is 81.4 Å². The maximum atomic E-state index is 4.48. The molecule has 0 bridgehead atoms. The molecule has 1 saturated carbocycles. The van der Waals surface area contributed by atoms with Crippen LogP contribution in [0.5, 0.6) is 0 Å². The van der Waals surface area contributed by atoms with Gasteiger partial charge in [0, 0.05) is 0 Å². The fourth-order valence-electron chi connectivity index (χ4n) is 6.69. The fraction of sp³-hybridized carbons (Fsp3) is 0.532. The third-order valence-corrected chi connectivity index (χ3v) is 10.0. The van der Waals surface area contributed by atoms with Crippen molar-refractivity contribution in [1.29, 1.82) is 0 Å². The Hall–Kier alpha value is -2.86. The van der Waals surface area contributed by atoms with Crippen molar-refractivity contribution in [3.05, 3.63) is 124 Å². The molecule has 1 unspecified atom stereocenters. The molecule has 0 radical (unpaired) electrons. The first-order valence-corrected chi connectivity index (χ1v) is 18.8. The summed E-state index contributed by atoms with van der Waals surface area (Å²) in [6.07, 6.45) is 24.4. The highest BCUT2D eigenvalue weighted by Gasteiger charge is 2.29. The van der Waals surface area contributed by atoms with E-state index in [9.17, 15) is 0 Å². The molecule has 0 saturated heterocycles. The Morgan fingerprint density at radius 2 is 1.60 bits per heavy atom. The molecule has 1 aromatic rings. The molecular weight excluding hydrogens is 565 g/mol. The quantitative estimate of drug-likeness (QED) is 0.189. The molecule has 0 aliphatic heterocycles. The zero-order valence-electron chi connectivity index (χ0n) is 33.2. The van der Waals surface area contributed by atoms with Crippen LogP contribution < -0.4 is 0 Å². The maximum absolute atomic E-state index is 4.48. The summed E-state index contributed by atoms with van der Waals surface area (Å²) in [7, 11) is 0. The van der Waals surface area contributed by atoms with Crippen molar-refractivity contribution >= 4 is 5.57 Å². The van der Waals surface area contributed by atoms with Gasteiger partial charge in [-0.25, -0.2) is 0 Å². The van der Waals surface area contributed by atoms with Crippen LogP contribution in [0.1, 0.15) is 159 Å². The number of hydrogen-bond donors (Lipinski definition) is 0. The van der Waals surface area contributed by atoms with Crippen LogP contribution >= 0.6 is 0 Å². The molecule has 1 aliphatic rings. The van der Waals surface area contributed by atoms with Crippen LogP contribution in [0.2, 0.25) is 0 Å². The van der Waals surface area contributed by atoms with E-state index in [4.69, 9.17) is 0 Å². The van der Waals surface area contributed by atoms with Gasteiger partial charge in [-0.3, -0.25) is 0 Å². The lowest BCUT2D eigenvalue weighted by Crippen LogP contribution is -2.24. The molecule has 1 aromatic carbocycles. The van der Waals surface area contributed by atoms with Crippen molar-refractivity contribution in [2.24, 2.45) is 17.3 Å². The van der Waals surface area contributed by atoms with Crippen molar-refractivity contribution in [2.75, 3.05) is 0 Å². The van der Waals surface area contributed by atoms with Gasteiger partial charge in [0.05, 0.1) is 0 Å². The summed E-state index contributed by atoms with van der Waals surface area (Å²) < 4.78 is 0.